The van der Waals surface area contributed by atoms with E-state index >= 15 is 0 Å². The molecule has 2 fully saturated rings. The van der Waals surface area contributed by atoms with Crippen LogP contribution in [0.25, 0.3) is 0 Å². The molecule has 154 valence electrons. The maximum atomic E-state index is 13.6. The summed E-state index contributed by atoms with van der Waals surface area (Å²) in [4.78, 5) is 16.1. The van der Waals surface area contributed by atoms with Crippen LogP contribution in [0.15, 0.2) is 0 Å². The Morgan fingerprint density at radius 3 is 2.15 bits per heavy atom. The average molecular weight is 702 g/mol. The van der Waals surface area contributed by atoms with Crippen molar-refractivity contribution >= 4 is 63.0 Å². The van der Waals surface area contributed by atoms with Gasteiger partial charge in [0.1, 0.15) is 0 Å². The van der Waals surface area contributed by atoms with Crippen LogP contribution in [0.3, 0.4) is 0 Å². The Morgan fingerprint density at radius 1 is 1.19 bits per heavy atom. The van der Waals surface area contributed by atoms with Gasteiger partial charge in [-0.05, 0) is 0 Å². The van der Waals surface area contributed by atoms with Crippen molar-refractivity contribution < 1.29 is 9.53 Å². The summed E-state index contributed by atoms with van der Waals surface area (Å²) in [5, 5.41) is 0. The van der Waals surface area contributed by atoms with E-state index in [4.69, 9.17) is 4.74 Å². The van der Waals surface area contributed by atoms with E-state index in [1.54, 1.807) is 0 Å². The van der Waals surface area contributed by atoms with Gasteiger partial charge in [-0.1, -0.05) is 0 Å². The summed E-state index contributed by atoms with van der Waals surface area (Å²) < 4.78 is 8.04. The van der Waals surface area contributed by atoms with E-state index < -0.39 is 21.3 Å². The number of hydrogen-bond acceptors (Lipinski definition) is 2. The second-order valence-electron chi connectivity index (χ2n) is 11.1. The molecule has 5 heteroatoms. The molecule has 0 amide bonds. The molecule has 0 spiro atoms. The molecule has 4 unspecified atom stereocenters. The molecule has 2 aliphatic rings. The molecular formula is C21H37I3O2. The minimum atomic E-state index is -0.976. The van der Waals surface area contributed by atoms with Gasteiger partial charge in [-0.2, -0.15) is 0 Å². The molecule has 26 heavy (non-hydrogen) atoms. The van der Waals surface area contributed by atoms with Crippen LogP contribution in [0.5, 0.6) is 0 Å². The molecule has 0 saturated heterocycles. The molecule has 2 rings (SSSR count). The van der Waals surface area contributed by atoms with Gasteiger partial charge >= 0.3 is 194 Å². The summed E-state index contributed by atoms with van der Waals surface area (Å²) in [5.41, 5.74) is -0.699. The molecule has 0 aromatic rings. The van der Waals surface area contributed by atoms with Gasteiger partial charge in [0.25, 0.3) is 0 Å². The van der Waals surface area contributed by atoms with E-state index in [1.807, 2.05) is 0 Å². The van der Waals surface area contributed by atoms with Crippen molar-refractivity contribution in [2.24, 2.45) is 22.2 Å². The summed E-state index contributed by atoms with van der Waals surface area (Å²) in [5.74, 6) is 0.626. The third-order valence-electron chi connectivity index (χ3n) is 6.98. The zero-order valence-corrected chi connectivity index (χ0v) is 24.2. The number of fused-ring (bicyclic) bond motifs is 2. The van der Waals surface area contributed by atoms with Gasteiger partial charge in [-0.3, -0.25) is 0 Å². The summed E-state index contributed by atoms with van der Waals surface area (Å²) in [6, 6.07) is 0. The fourth-order valence-electron chi connectivity index (χ4n) is 5.00. The fraction of sp³-hybridized carbons (Fsp3) is 0.952. The van der Waals surface area contributed by atoms with Crippen molar-refractivity contribution in [3.63, 3.8) is 0 Å². The number of halogens is 3. The molecule has 2 saturated carbocycles. The number of hydrogen-bond donors (Lipinski definition) is 0. The normalized spacial score (nSPS) is 34.5. The number of alkyl halides is 3. The van der Waals surface area contributed by atoms with Crippen LogP contribution in [-0.2, 0) is 9.53 Å². The first-order valence-electron chi connectivity index (χ1n) is 9.67. The Kier molecular flexibility index (Phi) is 7.11. The molecule has 0 aromatic carbocycles. The summed E-state index contributed by atoms with van der Waals surface area (Å²) >= 11 is 4.25. The number of rotatable bonds is 5. The molecule has 2 aliphatic carbocycles. The third-order valence-corrected chi connectivity index (χ3v) is 18.6. The van der Waals surface area contributed by atoms with Crippen molar-refractivity contribution in [2.75, 3.05) is 9.36 Å². The Morgan fingerprint density at radius 2 is 1.77 bits per heavy atom. The van der Waals surface area contributed by atoms with Crippen molar-refractivity contribution in [1.29, 1.82) is 0 Å². The van der Waals surface area contributed by atoms with Crippen molar-refractivity contribution in [2.45, 2.75) is 89.6 Å². The molecule has 0 aliphatic heterocycles. The topological polar surface area (TPSA) is 26.3 Å². The summed E-state index contributed by atoms with van der Waals surface area (Å²) in [6.45, 7) is 15.4. The second-order valence-corrected chi connectivity index (χ2v) is 24.6. The SMILES string of the molecule is CI(I)C12CCC(C1)C(CI)(OC(=O)C(C)(CC(C)(C)C)C(C)(C)C)C2. The molecule has 2 bridgehead atoms. The first-order valence-corrected chi connectivity index (χ1v) is 20.7. The Hall–Kier alpha value is 1.66. The molecule has 0 aromatic heterocycles. The quantitative estimate of drug-likeness (QED) is 0.168. The molecule has 0 radical (unpaired) electrons. The molecule has 2 nitrogen and oxygen atoms in total. The van der Waals surface area contributed by atoms with Crippen LogP contribution in [-0.4, -0.2) is 24.4 Å². The number of esters is 1. The number of ether oxygens (including phenoxy) is 1. The van der Waals surface area contributed by atoms with Gasteiger partial charge in [0.2, 0.25) is 0 Å². The van der Waals surface area contributed by atoms with Crippen molar-refractivity contribution in [1.82, 2.24) is 0 Å². The number of carbonyl (C=O) groups excluding carboxylic acids is 1. The monoisotopic (exact) mass is 702 g/mol. The molecular weight excluding hydrogens is 665 g/mol. The fourth-order valence-corrected chi connectivity index (χ4v) is 12.9. The van der Waals surface area contributed by atoms with Crippen LogP contribution >= 0.6 is 57.1 Å². The maximum absolute atomic E-state index is 13.6. The van der Waals surface area contributed by atoms with Crippen molar-refractivity contribution in [3.8, 4) is 0 Å². The molecule has 4 atom stereocenters. The second kappa shape index (κ2) is 7.73. The van der Waals surface area contributed by atoms with Crippen LogP contribution < -0.4 is 0 Å². The Labute approximate surface area is 191 Å². The van der Waals surface area contributed by atoms with Crippen molar-refractivity contribution in [3.05, 3.63) is 0 Å². The van der Waals surface area contributed by atoms with Crippen LogP contribution in [0, 0.1) is 22.2 Å². The summed E-state index contributed by atoms with van der Waals surface area (Å²) in [6.07, 6.45) is 5.91. The van der Waals surface area contributed by atoms with E-state index in [2.05, 4.69) is 94.6 Å². The zero-order valence-electron chi connectivity index (χ0n) is 17.8. The first-order chi connectivity index (χ1) is 11.6. The van der Waals surface area contributed by atoms with E-state index in [1.165, 1.54) is 19.3 Å². The van der Waals surface area contributed by atoms with Crippen LogP contribution in [0.2, 0.25) is 0 Å². The van der Waals surface area contributed by atoms with Crippen LogP contribution in [0.4, 0.5) is 0 Å². The van der Waals surface area contributed by atoms with E-state index in [0.29, 0.717) is 9.34 Å². The van der Waals surface area contributed by atoms with Gasteiger partial charge in [-0.15, -0.1) is 0 Å². The summed E-state index contributed by atoms with van der Waals surface area (Å²) in [7, 11) is 0. The standard InChI is InChI=1S/C21H37I3O2/c1-17(2,3)12-19(7,18(4,5)6)16(25)26-21(14-22)13-20(24(8)23)10-9-15(21)11-20/h15H,9-14H2,1-8H3. The van der Waals surface area contributed by atoms with Gasteiger partial charge in [0.15, 0.2) is 0 Å². The van der Waals surface area contributed by atoms with Gasteiger partial charge in [0, 0.05) is 0 Å². The Bertz CT molecular complexity index is 548. The van der Waals surface area contributed by atoms with Gasteiger partial charge in [-0.25, -0.2) is 0 Å². The Balaban J connectivity index is 2.31. The van der Waals surface area contributed by atoms with E-state index in [0.717, 1.165) is 17.3 Å². The third kappa shape index (κ3) is 4.38. The van der Waals surface area contributed by atoms with E-state index in [-0.39, 0.29) is 22.4 Å². The molecule has 0 N–H and O–H groups in total. The number of carbonyl (C=O) groups is 1. The van der Waals surface area contributed by atoms with Crippen LogP contribution in [0.1, 0.15) is 80.6 Å². The van der Waals surface area contributed by atoms with Gasteiger partial charge in [0.05, 0.1) is 0 Å². The zero-order chi connectivity index (χ0) is 20.2. The average Bonchev–Trinajstić information content (AvgIpc) is 3.02. The van der Waals surface area contributed by atoms with Gasteiger partial charge < -0.3 is 0 Å². The predicted molar refractivity (Wildman–Crippen MR) is 138 cm³/mol. The first kappa shape index (κ1) is 23.9. The minimum absolute atomic E-state index is 0.0456. The molecule has 0 heterocycles. The van der Waals surface area contributed by atoms with E-state index in [9.17, 15) is 4.79 Å². The predicted octanol–water partition coefficient (Wildman–Crippen LogP) is 7.62.